The van der Waals surface area contributed by atoms with Gasteiger partial charge in [0.1, 0.15) is 11.5 Å². The first-order valence-corrected chi connectivity index (χ1v) is 9.35. The Hall–Kier alpha value is -2.65. The lowest BCUT2D eigenvalue weighted by Crippen LogP contribution is -2.14. The summed E-state index contributed by atoms with van der Waals surface area (Å²) in [4.78, 5) is 33.1. The Morgan fingerprint density at radius 2 is 2.12 bits per heavy atom. The van der Waals surface area contributed by atoms with E-state index in [9.17, 15) is 14.0 Å². The lowest BCUT2D eigenvalue weighted by molar-refractivity contribution is 0.0520. The van der Waals surface area contributed by atoms with Gasteiger partial charge in [0.05, 0.1) is 16.5 Å². The molecule has 26 heavy (non-hydrogen) atoms. The summed E-state index contributed by atoms with van der Waals surface area (Å²) in [5, 5.41) is 5.07. The molecule has 0 unspecified atom stereocenters. The maximum Gasteiger partial charge on any atom is 0.357 e. The van der Waals surface area contributed by atoms with Crippen LogP contribution in [0.3, 0.4) is 0 Å². The van der Waals surface area contributed by atoms with Crippen LogP contribution in [0.5, 0.6) is 0 Å². The van der Waals surface area contributed by atoms with Gasteiger partial charge in [-0.15, -0.1) is 22.7 Å². The molecule has 0 spiro atoms. The lowest BCUT2D eigenvalue weighted by Gasteiger charge is -2.03. The first-order chi connectivity index (χ1) is 12.5. The monoisotopic (exact) mass is 391 g/mol. The SMILES string of the molecule is CCOC(=O)c1csc(NC(=O)c2nc(C)sc2-c2cccc(F)c2)n1. The molecule has 0 saturated heterocycles. The summed E-state index contributed by atoms with van der Waals surface area (Å²) in [6, 6.07) is 5.98. The van der Waals surface area contributed by atoms with Crippen LogP contribution in [0.15, 0.2) is 29.6 Å². The number of amides is 1. The first kappa shape index (κ1) is 18.2. The number of hydrogen-bond acceptors (Lipinski definition) is 7. The van der Waals surface area contributed by atoms with E-state index >= 15 is 0 Å². The van der Waals surface area contributed by atoms with E-state index in [0.29, 0.717) is 15.4 Å². The highest BCUT2D eigenvalue weighted by Crippen LogP contribution is 2.31. The van der Waals surface area contributed by atoms with Crippen LogP contribution in [0.2, 0.25) is 0 Å². The third kappa shape index (κ3) is 3.94. The number of nitrogens with zero attached hydrogens (tertiary/aromatic N) is 2. The minimum atomic E-state index is -0.547. The molecule has 2 heterocycles. The van der Waals surface area contributed by atoms with Crippen molar-refractivity contribution in [2.24, 2.45) is 0 Å². The molecule has 0 radical (unpaired) electrons. The molecule has 3 rings (SSSR count). The zero-order valence-corrected chi connectivity index (χ0v) is 15.5. The lowest BCUT2D eigenvalue weighted by atomic mass is 10.1. The molecule has 0 aliphatic carbocycles. The highest BCUT2D eigenvalue weighted by atomic mass is 32.1. The van der Waals surface area contributed by atoms with Crippen molar-refractivity contribution in [3.63, 3.8) is 0 Å². The van der Waals surface area contributed by atoms with Crippen LogP contribution < -0.4 is 5.32 Å². The summed E-state index contributed by atoms with van der Waals surface area (Å²) in [7, 11) is 0. The molecule has 6 nitrogen and oxygen atoms in total. The molecule has 1 amide bonds. The van der Waals surface area contributed by atoms with Crippen LogP contribution >= 0.6 is 22.7 Å². The average molecular weight is 391 g/mol. The normalized spacial score (nSPS) is 10.6. The van der Waals surface area contributed by atoms with E-state index in [1.807, 2.05) is 0 Å². The molecule has 2 aromatic heterocycles. The standard InChI is InChI=1S/C17H14FN3O3S2/c1-3-24-16(23)12-8-25-17(20-12)21-15(22)13-14(26-9(2)19-13)10-5-4-6-11(18)7-10/h4-8H,3H2,1-2H3,(H,20,21,22). The number of benzene rings is 1. The number of ether oxygens (including phenoxy) is 1. The summed E-state index contributed by atoms with van der Waals surface area (Å²) < 4.78 is 18.4. The van der Waals surface area contributed by atoms with Gasteiger partial charge in [0.2, 0.25) is 0 Å². The van der Waals surface area contributed by atoms with Crippen LogP contribution in [-0.2, 0) is 4.74 Å². The highest BCUT2D eigenvalue weighted by Gasteiger charge is 2.20. The fourth-order valence-electron chi connectivity index (χ4n) is 2.19. The molecule has 0 atom stereocenters. The molecule has 0 bridgehead atoms. The van der Waals surface area contributed by atoms with Crippen LogP contribution in [0, 0.1) is 12.7 Å². The smallest absolute Gasteiger partial charge is 0.357 e. The van der Waals surface area contributed by atoms with Crippen LogP contribution in [0.4, 0.5) is 9.52 Å². The predicted octanol–water partition coefficient (Wildman–Crippen LogP) is 4.14. The number of carbonyl (C=O) groups excluding carboxylic acids is 2. The molecular formula is C17H14FN3O3S2. The van der Waals surface area contributed by atoms with E-state index in [4.69, 9.17) is 4.74 Å². The maximum atomic E-state index is 13.5. The first-order valence-electron chi connectivity index (χ1n) is 7.65. The summed E-state index contributed by atoms with van der Waals surface area (Å²) in [6.45, 7) is 3.71. The molecule has 0 saturated carbocycles. The number of nitrogens with one attached hydrogen (secondary N) is 1. The minimum absolute atomic E-state index is 0.131. The molecule has 0 fully saturated rings. The van der Waals surface area contributed by atoms with Crippen molar-refractivity contribution < 1.29 is 18.7 Å². The van der Waals surface area contributed by atoms with Crippen molar-refractivity contribution in [2.45, 2.75) is 13.8 Å². The Morgan fingerprint density at radius 3 is 2.85 bits per heavy atom. The van der Waals surface area contributed by atoms with E-state index in [0.717, 1.165) is 11.3 Å². The van der Waals surface area contributed by atoms with Crippen molar-refractivity contribution in [2.75, 3.05) is 11.9 Å². The summed E-state index contributed by atoms with van der Waals surface area (Å²) >= 11 is 2.41. The van der Waals surface area contributed by atoms with E-state index in [1.54, 1.807) is 26.0 Å². The van der Waals surface area contributed by atoms with Crippen molar-refractivity contribution in [3.05, 3.63) is 51.9 Å². The van der Waals surface area contributed by atoms with Gasteiger partial charge in [-0.25, -0.2) is 19.2 Å². The number of hydrogen-bond donors (Lipinski definition) is 1. The van der Waals surface area contributed by atoms with Gasteiger partial charge >= 0.3 is 5.97 Å². The van der Waals surface area contributed by atoms with E-state index in [-0.39, 0.29) is 28.9 Å². The van der Waals surface area contributed by atoms with Crippen LogP contribution in [-0.4, -0.2) is 28.5 Å². The Balaban J connectivity index is 1.84. The number of aromatic nitrogens is 2. The number of thiazole rings is 2. The van der Waals surface area contributed by atoms with Crippen molar-refractivity contribution in [1.29, 1.82) is 0 Å². The minimum Gasteiger partial charge on any atom is -0.461 e. The molecule has 3 aromatic rings. The third-order valence-electron chi connectivity index (χ3n) is 3.25. The Labute approximate surface area is 156 Å². The summed E-state index contributed by atoms with van der Waals surface area (Å²) in [6.07, 6.45) is 0. The van der Waals surface area contributed by atoms with Gasteiger partial charge in [-0.1, -0.05) is 12.1 Å². The number of rotatable bonds is 5. The van der Waals surface area contributed by atoms with Gasteiger partial charge in [0, 0.05) is 5.38 Å². The molecular weight excluding hydrogens is 377 g/mol. The topological polar surface area (TPSA) is 81.2 Å². The molecule has 9 heteroatoms. The van der Waals surface area contributed by atoms with Crippen LogP contribution in [0.1, 0.15) is 32.9 Å². The van der Waals surface area contributed by atoms with Gasteiger partial charge in [-0.05, 0) is 31.5 Å². The van der Waals surface area contributed by atoms with E-state index in [2.05, 4.69) is 15.3 Å². The fourth-order valence-corrected chi connectivity index (χ4v) is 3.78. The third-order valence-corrected chi connectivity index (χ3v) is 5.02. The van der Waals surface area contributed by atoms with Crippen LogP contribution in [0.25, 0.3) is 10.4 Å². The van der Waals surface area contributed by atoms with Gasteiger partial charge in [-0.3, -0.25) is 10.1 Å². The second-order valence-corrected chi connectivity index (χ2v) is 7.19. The Bertz CT molecular complexity index is 968. The second-order valence-electron chi connectivity index (χ2n) is 5.13. The molecule has 1 aromatic carbocycles. The van der Waals surface area contributed by atoms with E-state index in [1.165, 1.54) is 28.8 Å². The molecule has 1 N–H and O–H groups in total. The van der Waals surface area contributed by atoms with Gasteiger partial charge in [0.25, 0.3) is 5.91 Å². The second kappa shape index (κ2) is 7.71. The molecule has 134 valence electrons. The van der Waals surface area contributed by atoms with Crippen molar-refractivity contribution in [1.82, 2.24) is 9.97 Å². The predicted molar refractivity (Wildman–Crippen MR) is 98.3 cm³/mol. The fraction of sp³-hybridized carbons (Fsp3) is 0.176. The number of aryl methyl sites for hydroxylation is 1. The average Bonchev–Trinajstić information content (AvgIpc) is 3.22. The van der Waals surface area contributed by atoms with Gasteiger partial charge in [-0.2, -0.15) is 0 Å². The zero-order chi connectivity index (χ0) is 18.7. The zero-order valence-electron chi connectivity index (χ0n) is 13.9. The largest absolute Gasteiger partial charge is 0.461 e. The molecule has 0 aliphatic rings. The Kier molecular flexibility index (Phi) is 5.38. The summed E-state index contributed by atoms with van der Waals surface area (Å²) in [5.41, 5.74) is 0.894. The summed E-state index contributed by atoms with van der Waals surface area (Å²) in [5.74, 6) is -1.41. The number of carbonyl (C=O) groups is 2. The number of halogens is 1. The molecule has 0 aliphatic heterocycles. The highest BCUT2D eigenvalue weighted by molar-refractivity contribution is 7.15. The van der Waals surface area contributed by atoms with Gasteiger partial charge < -0.3 is 4.74 Å². The Morgan fingerprint density at radius 1 is 1.31 bits per heavy atom. The maximum absolute atomic E-state index is 13.5. The van der Waals surface area contributed by atoms with Crippen molar-refractivity contribution in [3.8, 4) is 10.4 Å². The number of esters is 1. The van der Waals surface area contributed by atoms with Gasteiger partial charge in [0.15, 0.2) is 10.8 Å². The van der Waals surface area contributed by atoms with Crippen molar-refractivity contribution >= 4 is 39.7 Å². The number of anilines is 1. The van der Waals surface area contributed by atoms with E-state index < -0.39 is 11.9 Å². The quantitative estimate of drug-likeness (QED) is 0.661.